The third-order valence-corrected chi connectivity index (χ3v) is 4.75. The maximum absolute atomic E-state index is 11.8. The number of aromatic carboxylic acids is 4. The maximum Gasteiger partial charge on any atom is 0.338 e. The van der Waals surface area contributed by atoms with Gasteiger partial charge in [0.25, 0.3) is 0 Å². The van der Waals surface area contributed by atoms with Crippen molar-refractivity contribution in [1.29, 1.82) is 0 Å². The van der Waals surface area contributed by atoms with Crippen LogP contribution >= 0.6 is 0 Å². The van der Waals surface area contributed by atoms with E-state index in [4.69, 9.17) is 22.9 Å². The summed E-state index contributed by atoms with van der Waals surface area (Å²) in [4.78, 5) is 47.1. The lowest BCUT2D eigenvalue weighted by Crippen LogP contribution is -2.14. The molecule has 30 heavy (non-hydrogen) atoms. The second kappa shape index (κ2) is 6.41. The zero-order valence-corrected chi connectivity index (χ0v) is 14.9. The van der Waals surface area contributed by atoms with Gasteiger partial charge in [-0.3, -0.25) is 0 Å². The number of nitrogens with two attached hydrogens (primary N) is 4. The quantitative estimate of drug-likeness (QED) is 0.221. The van der Waals surface area contributed by atoms with Gasteiger partial charge in [0, 0.05) is 0 Å². The molecule has 0 aliphatic heterocycles. The Labute approximate surface area is 165 Å². The van der Waals surface area contributed by atoms with Crippen molar-refractivity contribution < 1.29 is 39.6 Å². The van der Waals surface area contributed by atoms with Crippen molar-refractivity contribution in [3.8, 4) is 0 Å². The number of carboxylic acid groups (broad SMARTS) is 4. The second-order valence-electron chi connectivity index (χ2n) is 6.32. The number of hydrogen-bond donors (Lipinski definition) is 8. The van der Waals surface area contributed by atoms with Crippen molar-refractivity contribution in [3.05, 3.63) is 34.4 Å². The van der Waals surface area contributed by atoms with E-state index >= 15 is 0 Å². The second-order valence-corrected chi connectivity index (χ2v) is 6.32. The molecule has 0 atom stereocenters. The summed E-state index contributed by atoms with van der Waals surface area (Å²) in [6.07, 6.45) is 0. The topological polar surface area (TPSA) is 253 Å². The van der Waals surface area contributed by atoms with Crippen LogP contribution in [0, 0.1) is 0 Å². The van der Waals surface area contributed by atoms with Crippen molar-refractivity contribution in [1.82, 2.24) is 0 Å². The summed E-state index contributed by atoms with van der Waals surface area (Å²) in [5, 5.41) is 37.2. The van der Waals surface area contributed by atoms with Gasteiger partial charge in [0.05, 0.1) is 45.0 Å². The molecule has 12 nitrogen and oxygen atoms in total. The van der Waals surface area contributed by atoms with Crippen molar-refractivity contribution in [2.75, 3.05) is 22.9 Å². The molecule has 0 radical (unpaired) electrons. The number of carbonyl (C=O) groups is 4. The highest BCUT2D eigenvalue weighted by atomic mass is 16.4. The van der Waals surface area contributed by atoms with Crippen molar-refractivity contribution in [3.63, 3.8) is 0 Å². The molecule has 0 amide bonds. The Morgan fingerprint density at radius 3 is 0.767 bits per heavy atom. The van der Waals surface area contributed by atoms with Crippen LogP contribution in [-0.2, 0) is 0 Å². The molecule has 3 rings (SSSR count). The number of hydrogen-bond acceptors (Lipinski definition) is 8. The number of anilines is 4. The van der Waals surface area contributed by atoms with Gasteiger partial charge in [-0.1, -0.05) is 0 Å². The lowest BCUT2D eigenvalue weighted by molar-refractivity contribution is 0.0685. The molecule has 0 unspecified atom stereocenters. The fourth-order valence-electron chi connectivity index (χ4n) is 3.47. The molecular formula is C18H14N4O8. The van der Waals surface area contributed by atoms with E-state index in [0.717, 1.165) is 12.1 Å². The summed E-state index contributed by atoms with van der Waals surface area (Å²) in [6, 6.07) is 2.00. The maximum atomic E-state index is 11.8. The molecular weight excluding hydrogens is 400 g/mol. The van der Waals surface area contributed by atoms with Crippen LogP contribution in [0.4, 0.5) is 22.7 Å². The summed E-state index contributed by atoms with van der Waals surface area (Å²) >= 11 is 0. The Hall–Kier alpha value is -4.74. The van der Waals surface area contributed by atoms with Crippen molar-refractivity contribution in [2.24, 2.45) is 0 Å². The van der Waals surface area contributed by atoms with E-state index in [0.29, 0.717) is 0 Å². The largest absolute Gasteiger partial charge is 0.478 e. The summed E-state index contributed by atoms with van der Waals surface area (Å²) in [5.74, 6) is -6.23. The SMILES string of the molecule is Nc1c(N)c(C(=O)O)c2cc3c(C(=O)O)c(N)c(N)c(C(=O)O)c3cc2c1C(=O)O. The van der Waals surface area contributed by atoms with Gasteiger partial charge in [-0.15, -0.1) is 0 Å². The van der Waals surface area contributed by atoms with E-state index in [9.17, 15) is 39.6 Å². The van der Waals surface area contributed by atoms with E-state index in [1.807, 2.05) is 0 Å². The summed E-state index contributed by atoms with van der Waals surface area (Å²) in [7, 11) is 0. The molecule has 154 valence electrons. The van der Waals surface area contributed by atoms with Gasteiger partial charge in [-0.25, -0.2) is 19.2 Å². The van der Waals surface area contributed by atoms with Crippen LogP contribution in [0.3, 0.4) is 0 Å². The average molecular weight is 414 g/mol. The first-order valence-corrected chi connectivity index (χ1v) is 8.02. The standard InChI is InChI=1S/C18H14N4O8/c19-11-7(15(23)24)3-1-4-6(2-5(3)9(13(11)21)17(27)28)10(18(29)30)14(22)12(20)8(4)16(25)26/h1-2H,19-22H2,(H,23,24)(H,25,26)(H,27,28)(H,29,30). The van der Waals surface area contributed by atoms with Crippen LogP contribution in [0.25, 0.3) is 21.5 Å². The smallest absolute Gasteiger partial charge is 0.338 e. The molecule has 3 aromatic rings. The minimum atomic E-state index is -1.56. The Kier molecular flexibility index (Phi) is 4.27. The van der Waals surface area contributed by atoms with Gasteiger partial charge in [-0.05, 0) is 33.7 Å². The monoisotopic (exact) mass is 414 g/mol. The van der Waals surface area contributed by atoms with Gasteiger partial charge >= 0.3 is 23.9 Å². The third kappa shape index (κ3) is 2.55. The Balaban J connectivity index is 2.80. The van der Waals surface area contributed by atoms with Gasteiger partial charge < -0.3 is 43.4 Å². The van der Waals surface area contributed by atoms with Gasteiger partial charge in [0.1, 0.15) is 0 Å². The average Bonchev–Trinajstić information content (AvgIpc) is 2.61. The van der Waals surface area contributed by atoms with Gasteiger partial charge in [0.2, 0.25) is 0 Å². The van der Waals surface area contributed by atoms with E-state index in [2.05, 4.69) is 0 Å². The first-order valence-electron chi connectivity index (χ1n) is 8.02. The predicted octanol–water partition coefficient (Wildman–Crippen LogP) is 1.11. The molecule has 0 heterocycles. The molecule has 12 heteroatoms. The molecule has 12 N–H and O–H groups in total. The molecule has 0 aromatic heterocycles. The highest BCUT2D eigenvalue weighted by Gasteiger charge is 2.28. The first-order chi connectivity index (χ1) is 13.9. The molecule has 0 saturated heterocycles. The van der Waals surface area contributed by atoms with Crippen LogP contribution in [-0.4, -0.2) is 44.3 Å². The zero-order valence-electron chi connectivity index (χ0n) is 14.9. The molecule has 0 aliphatic carbocycles. The third-order valence-electron chi connectivity index (χ3n) is 4.75. The van der Waals surface area contributed by atoms with Gasteiger partial charge in [-0.2, -0.15) is 0 Å². The van der Waals surface area contributed by atoms with E-state index in [-0.39, 0.29) is 21.5 Å². The fourth-order valence-corrected chi connectivity index (χ4v) is 3.47. The van der Waals surface area contributed by atoms with Crippen molar-refractivity contribution >= 4 is 68.2 Å². The van der Waals surface area contributed by atoms with Crippen LogP contribution < -0.4 is 22.9 Å². The zero-order chi connectivity index (χ0) is 22.7. The number of fused-ring (bicyclic) bond motifs is 2. The normalized spacial score (nSPS) is 10.9. The molecule has 0 fully saturated rings. The van der Waals surface area contributed by atoms with E-state index < -0.39 is 68.9 Å². The lowest BCUT2D eigenvalue weighted by atomic mass is 9.88. The van der Waals surface area contributed by atoms with Crippen LogP contribution in [0.1, 0.15) is 41.4 Å². The summed E-state index contributed by atoms with van der Waals surface area (Å²) in [5.41, 5.74) is 18.5. The number of nitrogen functional groups attached to an aromatic ring is 4. The van der Waals surface area contributed by atoms with E-state index in [1.54, 1.807) is 0 Å². The molecule has 0 saturated carbocycles. The number of benzene rings is 3. The molecule has 0 aliphatic rings. The minimum Gasteiger partial charge on any atom is -0.478 e. The number of rotatable bonds is 4. The Morgan fingerprint density at radius 1 is 0.467 bits per heavy atom. The van der Waals surface area contributed by atoms with Crippen molar-refractivity contribution in [2.45, 2.75) is 0 Å². The minimum absolute atomic E-state index is 0.262. The lowest BCUT2D eigenvalue weighted by Gasteiger charge is -2.18. The Morgan fingerprint density at radius 2 is 0.633 bits per heavy atom. The molecule has 3 aromatic carbocycles. The highest BCUT2D eigenvalue weighted by Crippen LogP contribution is 2.41. The molecule has 0 bridgehead atoms. The van der Waals surface area contributed by atoms with Crippen LogP contribution in [0.15, 0.2) is 12.1 Å². The molecule has 0 spiro atoms. The summed E-state index contributed by atoms with van der Waals surface area (Å²) in [6.45, 7) is 0. The van der Waals surface area contributed by atoms with Crippen LogP contribution in [0.2, 0.25) is 0 Å². The highest BCUT2D eigenvalue weighted by molar-refractivity contribution is 6.26. The summed E-state index contributed by atoms with van der Waals surface area (Å²) < 4.78 is 0. The van der Waals surface area contributed by atoms with Gasteiger partial charge in [0.15, 0.2) is 0 Å². The predicted molar refractivity (Wildman–Crippen MR) is 107 cm³/mol. The van der Waals surface area contributed by atoms with Crippen LogP contribution in [0.5, 0.6) is 0 Å². The Bertz CT molecular complexity index is 1150. The fraction of sp³-hybridized carbons (Fsp3) is 0. The first kappa shape index (κ1) is 20.0. The van der Waals surface area contributed by atoms with E-state index in [1.165, 1.54) is 0 Å². The number of carboxylic acids is 4.